The average Bonchev–Trinajstić information content (AvgIpc) is 2.70. The molecule has 2 amide bonds. The van der Waals surface area contributed by atoms with Gasteiger partial charge in [0.1, 0.15) is 0 Å². The Balaban J connectivity index is 1.52. The molecule has 29 heavy (non-hydrogen) atoms. The number of benzene rings is 3. The molecule has 3 aromatic rings. The lowest BCUT2D eigenvalue weighted by atomic mass is 10.1. The predicted molar refractivity (Wildman–Crippen MR) is 121 cm³/mol. The maximum absolute atomic E-state index is 12.3. The molecule has 4 nitrogen and oxygen atoms in total. The van der Waals surface area contributed by atoms with Gasteiger partial charge in [0.2, 0.25) is 11.8 Å². The highest BCUT2D eigenvalue weighted by Crippen LogP contribution is 2.22. The van der Waals surface area contributed by atoms with Crippen LogP contribution in [0.5, 0.6) is 0 Å². The summed E-state index contributed by atoms with van der Waals surface area (Å²) >= 11 is 7.29. The molecule has 0 aliphatic heterocycles. The Hall–Kier alpha value is -2.76. The minimum absolute atomic E-state index is 0.0681. The van der Waals surface area contributed by atoms with Crippen molar-refractivity contribution in [1.29, 1.82) is 0 Å². The van der Waals surface area contributed by atoms with Crippen LogP contribution < -0.4 is 10.6 Å². The van der Waals surface area contributed by atoms with E-state index in [-0.39, 0.29) is 24.0 Å². The molecule has 3 rings (SSSR count). The van der Waals surface area contributed by atoms with Crippen molar-refractivity contribution in [3.63, 3.8) is 0 Å². The largest absolute Gasteiger partial charge is 0.326 e. The standard InChI is InChI=1S/C23H21ClN2O2S/c1-16-5-2-3-8-21(16)26-23(28)15-29-20-7-4-6-19(14-20)25-22(27)13-17-9-11-18(24)12-10-17/h2-12,14H,13,15H2,1H3,(H,25,27)(H,26,28). The molecular weight excluding hydrogens is 404 g/mol. The molecule has 0 spiro atoms. The lowest BCUT2D eigenvalue weighted by Gasteiger charge is -2.09. The first-order chi connectivity index (χ1) is 14.0. The summed E-state index contributed by atoms with van der Waals surface area (Å²) in [4.78, 5) is 25.4. The van der Waals surface area contributed by atoms with Crippen molar-refractivity contribution in [3.05, 3.63) is 88.9 Å². The van der Waals surface area contributed by atoms with E-state index in [1.54, 1.807) is 12.1 Å². The van der Waals surface area contributed by atoms with Gasteiger partial charge in [-0.25, -0.2) is 0 Å². The van der Waals surface area contributed by atoms with E-state index >= 15 is 0 Å². The summed E-state index contributed by atoms with van der Waals surface area (Å²) in [5, 5.41) is 6.46. The number of carbonyl (C=O) groups is 2. The van der Waals surface area contributed by atoms with Gasteiger partial charge in [0.15, 0.2) is 0 Å². The fourth-order valence-corrected chi connectivity index (χ4v) is 3.59. The Morgan fingerprint density at radius 2 is 1.66 bits per heavy atom. The fourth-order valence-electron chi connectivity index (χ4n) is 2.70. The third kappa shape index (κ3) is 6.66. The van der Waals surface area contributed by atoms with Crippen LogP contribution in [-0.4, -0.2) is 17.6 Å². The zero-order valence-corrected chi connectivity index (χ0v) is 17.5. The van der Waals surface area contributed by atoms with Crippen LogP contribution in [0, 0.1) is 6.92 Å². The van der Waals surface area contributed by atoms with Gasteiger partial charge in [0.25, 0.3) is 0 Å². The van der Waals surface area contributed by atoms with E-state index in [0.717, 1.165) is 21.7 Å². The Morgan fingerprint density at radius 1 is 0.897 bits per heavy atom. The highest BCUT2D eigenvalue weighted by molar-refractivity contribution is 8.00. The van der Waals surface area contributed by atoms with E-state index in [2.05, 4.69) is 10.6 Å². The van der Waals surface area contributed by atoms with Crippen LogP contribution in [0.15, 0.2) is 77.7 Å². The minimum Gasteiger partial charge on any atom is -0.326 e. The third-order valence-electron chi connectivity index (χ3n) is 4.18. The summed E-state index contributed by atoms with van der Waals surface area (Å²) in [5.41, 5.74) is 3.44. The van der Waals surface area contributed by atoms with Gasteiger partial charge in [0, 0.05) is 21.3 Å². The normalized spacial score (nSPS) is 10.4. The van der Waals surface area contributed by atoms with Crippen molar-refractivity contribution in [2.45, 2.75) is 18.2 Å². The fraction of sp³-hybridized carbons (Fsp3) is 0.130. The van der Waals surface area contributed by atoms with E-state index in [0.29, 0.717) is 10.7 Å². The molecule has 148 valence electrons. The van der Waals surface area contributed by atoms with E-state index in [1.165, 1.54) is 11.8 Å². The number of halogens is 1. The van der Waals surface area contributed by atoms with Gasteiger partial charge < -0.3 is 10.6 Å². The monoisotopic (exact) mass is 424 g/mol. The molecule has 2 N–H and O–H groups in total. The van der Waals surface area contributed by atoms with Crippen LogP contribution in [0.25, 0.3) is 0 Å². The summed E-state index contributed by atoms with van der Waals surface area (Å²) in [5.74, 6) is 0.115. The number of aryl methyl sites for hydroxylation is 1. The topological polar surface area (TPSA) is 58.2 Å². The number of anilines is 2. The van der Waals surface area contributed by atoms with Crippen molar-refractivity contribution < 1.29 is 9.59 Å². The molecule has 0 unspecified atom stereocenters. The second kappa shape index (κ2) is 10.1. The molecule has 3 aromatic carbocycles. The second-order valence-corrected chi connectivity index (χ2v) is 8.02. The Bertz CT molecular complexity index is 1010. The van der Waals surface area contributed by atoms with Crippen molar-refractivity contribution in [1.82, 2.24) is 0 Å². The summed E-state index contributed by atoms with van der Waals surface area (Å²) in [6.45, 7) is 1.96. The molecule has 6 heteroatoms. The van der Waals surface area contributed by atoms with Gasteiger partial charge in [0.05, 0.1) is 12.2 Å². The third-order valence-corrected chi connectivity index (χ3v) is 5.43. The lowest BCUT2D eigenvalue weighted by Crippen LogP contribution is -2.15. The van der Waals surface area contributed by atoms with Gasteiger partial charge in [-0.1, -0.05) is 48.0 Å². The van der Waals surface area contributed by atoms with Gasteiger partial charge in [-0.2, -0.15) is 0 Å². The summed E-state index contributed by atoms with van der Waals surface area (Å²) < 4.78 is 0. The van der Waals surface area contributed by atoms with E-state index in [1.807, 2.05) is 67.6 Å². The highest BCUT2D eigenvalue weighted by Gasteiger charge is 2.08. The maximum Gasteiger partial charge on any atom is 0.234 e. The summed E-state index contributed by atoms with van der Waals surface area (Å²) in [6, 6.07) is 22.4. The molecule has 0 radical (unpaired) electrons. The molecule has 0 aliphatic carbocycles. The second-order valence-electron chi connectivity index (χ2n) is 6.53. The van der Waals surface area contributed by atoms with Gasteiger partial charge in [-0.3, -0.25) is 9.59 Å². The first kappa shape index (κ1) is 21.0. The van der Waals surface area contributed by atoms with Crippen molar-refractivity contribution in [3.8, 4) is 0 Å². The molecule has 0 aliphatic rings. The van der Waals surface area contributed by atoms with Crippen molar-refractivity contribution in [2.75, 3.05) is 16.4 Å². The van der Waals surface area contributed by atoms with E-state index in [4.69, 9.17) is 11.6 Å². The molecule has 0 saturated carbocycles. The number of hydrogen-bond acceptors (Lipinski definition) is 3. The molecule has 0 heterocycles. The zero-order chi connectivity index (χ0) is 20.6. The molecule has 0 saturated heterocycles. The summed E-state index contributed by atoms with van der Waals surface area (Å²) in [7, 11) is 0. The summed E-state index contributed by atoms with van der Waals surface area (Å²) in [6.07, 6.45) is 0.271. The molecule has 0 atom stereocenters. The van der Waals surface area contributed by atoms with Gasteiger partial charge in [-0.05, 0) is 54.4 Å². The minimum atomic E-state index is -0.105. The van der Waals surface area contributed by atoms with E-state index < -0.39 is 0 Å². The number of nitrogens with one attached hydrogen (secondary N) is 2. The number of thioether (sulfide) groups is 1. The van der Waals surface area contributed by atoms with Crippen LogP contribution in [0.2, 0.25) is 5.02 Å². The smallest absolute Gasteiger partial charge is 0.234 e. The average molecular weight is 425 g/mol. The zero-order valence-electron chi connectivity index (χ0n) is 15.9. The van der Waals surface area contributed by atoms with E-state index in [9.17, 15) is 9.59 Å². The van der Waals surface area contributed by atoms with Gasteiger partial charge in [-0.15, -0.1) is 11.8 Å². The Morgan fingerprint density at radius 3 is 2.41 bits per heavy atom. The van der Waals surface area contributed by atoms with Crippen LogP contribution in [0.4, 0.5) is 11.4 Å². The quantitative estimate of drug-likeness (QED) is 0.488. The number of para-hydroxylation sites is 1. The Labute approximate surface area is 179 Å². The Kier molecular flexibility index (Phi) is 7.33. The van der Waals surface area contributed by atoms with Crippen LogP contribution in [0.1, 0.15) is 11.1 Å². The number of hydrogen-bond donors (Lipinski definition) is 2. The molecular formula is C23H21ClN2O2S. The highest BCUT2D eigenvalue weighted by atomic mass is 35.5. The lowest BCUT2D eigenvalue weighted by molar-refractivity contribution is -0.115. The first-order valence-electron chi connectivity index (χ1n) is 9.12. The number of rotatable bonds is 7. The molecule has 0 fully saturated rings. The van der Waals surface area contributed by atoms with Crippen molar-refractivity contribution >= 4 is 46.6 Å². The molecule has 0 bridgehead atoms. The van der Waals surface area contributed by atoms with Gasteiger partial charge >= 0.3 is 0 Å². The van der Waals surface area contributed by atoms with Crippen LogP contribution in [0.3, 0.4) is 0 Å². The maximum atomic E-state index is 12.3. The number of carbonyl (C=O) groups excluding carboxylic acids is 2. The van der Waals surface area contributed by atoms with Crippen molar-refractivity contribution in [2.24, 2.45) is 0 Å². The first-order valence-corrected chi connectivity index (χ1v) is 10.5. The number of amides is 2. The predicted octanol–water partition coefficient (Wildman–Crippen LogP) is 5.56. The SMILES string of the molecule is Cc1ccccc1NC(=O)CSc1cccc(NC(=O)Cc2ccc(Cl)cc2)c1. The molecule has 0 aromatic heterocycles. The van der Waals surface area contributed by atoms with Crippen LogP contribution in [-0.2, 0) is 16.0 Å². The van der Waals surface area contributed by atoms with Crippen LogP contribution >= 0.6 is 23.4 Å².